The van der Waals surface area contributed by atoms with Gasteiger partial charge in [-0.15, -0.1) is 6.58 Å². The lowest BCUT2D eigenvalue weighted by molar-refractivity contribution is -0.125. The second-order valence-electron chi connectivity index (χ2n) is 2.43. The minimum absolute atomic E-state index is 0.271. The molecular weight excluding hydrogens is 126 g/mol. The van der Waals surface area contributed by atoms with Crippen molar-refractivity contribution in [1.29, 1.82) is 0 Å². The molecule has 0 aliphatic carbocycles. The van der Waals surface area contributed by atoms with Crippen LogP contribution in [0, 0.1) is 5.41 Å². The molecule has 0 atom stereocenters. The van der Waals surface area contributed by atoms with Gasteiger partial charge in [-0.1, -0.05) is 19.9 Å². The Morgan fingerprint density at radius 2 is 2.00 bits per heavy atom. The van der Waals surface area contributed by atoms with E-state index in [0.29, 0.717) is 0 Å². The maximum absolute atomic E-state index is 10.9. The fraction of sp³-hybridized carbons (Fsp3) is 0.625. The first-order valence-corrected chi connectivity index (χ1v) is 3.56. The average molecular weight is 141 g/mol. The van der Waals surface area contributed by atoms with Crippen LogP contribution < -0.4 is 5.73 Å². The van der Waals surface area contributed by atoms with Crippen molar-refractivity contribution in [2.75, 3.05) is 0 Å². The Hall–Kier alpha value is -0.790. The fourth-order valence-electron chi connectivity index (χ4n) is 0.988. The first-order valence-electron chi connectivity index (χ1n) is 3.56. The average Bonchev–Trinajstić information content (AvgIpc) is 1.92. The number of rotatable bonds is 4. The molecule has 2 nitrogen and oxygen atoms in total. The number of hydrogen-bond acceptors (Lipinski definition) is 1. The van der Waals surface area contributed by atoms with E-state index in [0.717, 1.165) is 12.8 Å². The summed E-state index contributed by atoms with van der Waals surface area (Å²) < 4.78 is 0. The van der Waals surface area contributed by atoms with Crippen LogP contribution in [0.3, 0.4) is 0 Å². The van der Waals surface area contributed by atoms with Crippen LogP contribution in [0.1, 0.15) is 26.7 Å². The summed E-state index contributed by atoms with van der Waals surface area (Å²) in [6, 6.07) is 0. The van der Waals surface area contributed by atoms with E-state index in [-0.39, 0.29) is 5.91 Å². The van der Waals surface area contributed by atoms with Crippen molar-refractivity contribution >= 4 is 5.91 Å². The zero-order valence-corrected chi connectivity index (χ0v) is 6.68. The van der Waals surface area contributed by atoms with Crippen molar-refractivity contribution in [3.05, 3.63) is 12.7 Å². The third-order valence-corrected chi connectivity index (χ3v) is 2.14. The SMILES string of the molecule is C=CC(CC)(CC)C(N)=O. The maximum Gasteiger partial charge on any atom is 0.227 e. The molecule has 0 bridgehead atoms. The number of primary amides is 1. The molecule has 0 unspecified atom stereocenters. The first kappa shape index (κ1) is 9.21. The molecule has 0 saturated heterocycles. The van der Waals surface area contributed by atoms with E-state index in [1.807, 2.05) is 13.8 Å². The molecule has 2 N–H and O–H groups in total. The van der Waals surface area contributed by atoms with E-state index in [9.17, 15) is 4.79 Å². The minimum Gasteiger partial charge on any atom is -0.369 e. The predicted octanol–water partition coefficient (Wildman–Crippen LogP) is 1.46. The normalized spacial score (nSPS) is 11.0. The summed E-state index contributed by atoms with van der Waals surface area (Å²) in [5.41, 5.74) is 4.72. The Balaban J connectivity index is 4.46. The van der Waals surface area contributed by atoms with Crippen LogP contribution in [0.15, 0.2) is 12.7 Å². The lowest BCUT2D eigenvalue weighted by atomic mass is 9.82. The van der Waals surface area contributed by atoms with Crippen molar-refractivity contribution in [1.82, 2.24) is 0 Å². The highest BCUT2D eigenvalue weighted by Crippen LogP contribution is 2.26. The zero-order chi connectivity index (χ0) is 8.20. The molecule has 0 aliphatic rings. The molecule has 0 heterocycles. The molecule has 0 fully saturated rings. The second kappa shape index (κ2) is 3.40. The lowest BCUT2D eigenvalue weighted by Gasteiger charge is -2.22. The fourth-order valence-corrected chi connectivity index (χ4v) is 0.988. The molecule has 0 aromatic rings. The van der Waals surface area contributed by atoms with Gasteiger partial charge in [0.1, 0.15) is 0 Å². The number of carbonyl (C=O) groups is 1. The summed E-state index contributed by atoms with van der Waals surface area (Å²) in [4.78, 5) is 10.9. The van der Waals surface area contributed by atoms with Crippen LogP contribution in [-0.4, -0.2) is 5.91 Å². The number of hydrogen-bond donors (Lipinski definition) is 1. The zero-order valence-electron chi connectivity index (χ0n) is 6.68. The van der Waals surface area contributed by atoms with Crippen molar-refractivity contribution in [2.45, 2.75) is 26.7 Å². The highest BCUT2D eigenvalue weighted by atomic mass is 16.1. The molecule has 10 heavy (non-hydrogen) atoms. The van der Waals surface area contributed by atoms with Crippen molar-refractivity contribution in [2.24, 2.45) is 11.1 Å². The molecule has 0 saturated carbocycles. The molecule has 0 radical (unpaired) electrons. The highest BCUT2D eigenvalue weighted by Gasteiger charge is 2.28. The molecular formula is C8H15NO. The summed E-state index contributed by atoms with van der Waals surface area (Å²) in [5.74, 6) is -0.271. The van der Waals surface area contributed by atoms with E-state index in [4.69, 9.17) is 5.73 Å². The topological polar surface area (TPSA) is 43.1 Å². The molecule has 0 aromatic heterocycles. The van der Waals surface area contributed by atoms with Crippen LogP contribution >= 0.6 is 0 Å². The van der Waals surface area contributed by atoms with Gasteiger partial charge in [-0.25, -0.2) is 0 Å². The smallest absolute Gasteiger partial charge is 0.227 e. The maximum atomic E-state index is 10.9. The Morgan fingerprint density at radius 1 is 1.60 bits per heavy atom. The second-order valence-corrected chi connectivity index (χ2v) is 2.43. The van der Waals surface area contributed by atoms with Gasteiger partial charge in [0, 0.05) is 0 Å². The molecule has 0 rings (SSSR count). The van der Waals surface area contributed by atoms with Crippen LogP contribution in [-0.2, 0) is 4.79 Å². The number of amides is 1. The van der Waals surface area contributed by atoms with Gasteiger partial charge in [-0.3, -0.25) is 4.79 Å². The highest BCUT2D eigenvalue weighted by molar-refractivity contribution is 5.82. The van der Waals surface area contributed by atoms with E-state index in [1.165, 1.54) is 0 Å². The van der Waals surface area contributed by atoms with Gasteiger partial charge in [0.05, 0.1) is 5.41 Å². The van der Waals surface area contributed by atoms with Crippen LogP contribution in [0.2, 0.25) is 0 Å². The van der Waals surface area contributed by atoms with Crippen LogP contribution in [0.5, 0.6) is 0 Å². The largest absolute Gasteiger partial charge is 0.369 e. The lowest BCUT2D eigenvalue weighted by Crippen LogP contribution is -2.33. The standard InChI is InChI=1S/C8H15NO/c1-4-8(5-2,6-3)7(9)10/h4H,1,5-6H2,2-3H3,(H2,9,10). The van der Waals surface area contributed by atoms with Gasteiger partial charge in [0.2, 0.25) is 5.91 Å². The number of nitrogens with two attached hydrogens (primary N) is 1. The van der Waals surface area contributed by atoms with Gasteiger partial charge in [0.15, 0.2) is 0 Å². The van der Waals surface area contributed by atoms with Gasteiger partial charge >= 0.3 is 0 Å². The van der Waals surface area contributed by atoms with Gasteiger partial charge in [0.25, 0.3) is 0 Å². The predicted molar refractivity (Wildman–Crippen MR) is 42.4 cm³/mol. The summed E-state index contributed by atoms with van der Waals surface area (Å²) in [6.07, 6.45) is 3.12. The van der Waals surface area contributed by atoms with Crippen LogP contribution in [0.4, 0.5) is 0 Å². The Kier molecular flexibility index (Phi) is 3.13. The first-order chi connectivity index (χ1) is 4.63. The van der Waals surface area contributed by atoms with Crippen LogP contribution in [0.25, 0.3) is 0 Å². The third kappa shape index (κ3) is 1.38. The van der Waals surface area contributed by atoms with Crippen molar-refractivity contribution in [3.63, 3.8) is 0 Å². The van der Waals surface area contributed by atoms with Crippen molar-refractivity contribution in [3.8, 4) is 0 Å². The quantitative estimate of drug-likeness (QED) is 0.592. The monoisotopic (exact) mass is 141 g/mol. The molecule has 0 spiro atoms. The molecule has 0 aromatic carbocycles. The van der Waals surface area contributed by atoms with Gasteiger partial charge in [-0.05, 0) is 12.8 Å². The summed E-state index contributed by atoms with van der Waals surface area (Å²) >= 11 is 0. The molecule has 58 valence electrons. The summed E-state index contributed by atoms with van der Waals surface area (Å²) in [5, 5.41) is 0. The molecule has 1 amide bonds. The third-order valence-electron chi connectivity index (χ3n) is 2.14. The Bertz CT molecular complexity index is 136. The van der Waals surface area contributed by atoms with E-state index in [1.54, 1.807) is 6.08 Å². The van der Waals surface area contributed by atoms with E-state index >= 15 is 0 Å². The van der Waals surface area contributed by atoms with Crippen molar-refractivity contribution < 1.29 is 4.79 Å². The number of carbonyl (C=O) groups excluding carboxylic acids is 1. The summed E-state index contributed by atoms with van der Waals surface area (Å²) in [7, 11) is 0. The van der Waals surface area contributed by atoms with Gasteiger partial charge < -0.3 is 5.73 Å². The summed E-state index contributed by atoms with van der Waals surface area (Å²) in [6.45, 7) is 7.48. The molecule has 0 aliphatic heterocycles. The van der Waals surface area contributed by atoms with E-state index < -0.39 is 5.41 Å². The Morgan fingerprint density at radius 3 is 2.00 bits per heavy atom. The Labute approximate surface area is 62.1 Å². The molecule has 2 heteroatoms. The minimum atomic E-state index is -0.472. The van der Waals surface area contributed by atoms with E-state index in [2.05, 4.69) is 6.58 Å². The van der Waals surface area contributed by atoms with Gasteiger partial charge in [-0.2, -0.15) is 0 Å².